The first kappa shape index (κ1) is 15.7. The van der Waals surface area contributed by atoms with Crippen LogP contribution in [0.3, 0.4) is 0 Å². The molecule has 4 rings (SSSR count). The van der Waals surface area contributed by atoms with Crippen LogP contribution in [0.4, 0.5) is 5.69 Å². The predicted octanol–water partition coefficient (Wildman–Crippen LogP) is 2.47. The average Bonchev–Trinajstić information content (AvgIpc) is 3.17. The fourth-order valence-corrected chi connectivity index (χ4v) is 4.04. The molecule has 2 aromatic rings. The summed E-state index contributed by atoms with van der Waals surface area (Å²) in [5.41, 5.74) is 3.71. The van der Waals surface area contributed by atoms with Crippen molar-refractivity contribution < 1.29 is 14.7 Å². The Bertz CT molecular complexity index is 862. The minimum Gasteiger partial charge on any atom is -0.508 e. The molecule has 5 heteroatoms. The van der Waals surface area contributed by atoms with Crippen LogP contribution in [0.25, 0.3) is 0 Å². The van der Waals surface area contributed by atoms with Gasteiger partial charge in [-0.2, -0.15) is 0 Å². The second-order valence-corrected chi connectivity index (χ2v) is 6.68. The highest BCUT2D eigenvalue weighted by molar-refractivity contribution is 6.02. The molecule has 1 heterocycles. The van der Waals surface area contributed by atoms with Crippen LogP contribution in [0.2, 0.25) is 0 Å². The molecule has 2 aromatic carbocycles. The number of carbonyl (C=O) groups excluding carboxylic acids is 2. The van der Waals surface area contributed by atoms with Gasteiger partial charge in [0.1, 0.15) is 11.8 Å². The number of para-hydroxylation sites is 1. The van der Waals surface area contributed by atoms with Gasteiger partial charge in [-0.15, -0.1) is 0 Å². The Morgan fingerprint density at radius 1 is 1.16 bits per heavy atom. The maximum Gasteiger partial charge on any atom is 0.244 e. The first-order valence-electron chi connectivity index (χ1n) is 8.55. The molecule has 0 bridgehead atoms. The summed E-state index contributed by atoms with van der Waals surface area (Å²) in [5.74, 6) is 0.00930. The van der Waals surface area contributed by atoms with Gasteiger partial charge in [0.25, 0.3) is 0 Å². The zero-order chi connectivity index (χ0) is 17.6. The van der Waals surface area contributed by atoms with Gasteiger partial charge in [-0.05, 0) is 41.7 Å². The summed E-state index contributed by atoms with van der Waals surface area (Å²) in [7, 11) is 0. The molecule has 2 aliphatic rings. The maximum atomic E-state index is 12.9. The van der Waals surface area contributed by atoms with Crippen molar-refractivity contribution in [1.82, 2.24) is 5.32 Å². The van der Waals surface area contributed by atoms with Crippen molar-refractivity contribution in [3.05, 3.63) is 59.2 Å². The highest BCUT2D eigenvalue weighted by atomic mass is 16.3. The number of nitrogens with one attached hydrogen (secondary N) is 1. The zero-order valence-electron chi connectivity index (χ0n) is 14.0. The molecule has 1 unspecified atom stereocenters. The standard InChI is InChI=1S/C20H20N2O3/c1-12(23)22-17-7-3-2-5-13(17)11-18(22)20(25)21-16-10-9-15-14(16)6-4-8-19(15)24/h2-8,16,18,24H,9-11H2,1H3,(H,21,25)/t16?,18-/m0/s1. The molecule has 1 aliphatic heterocycles. The van der Waals surface area contributed by atoms with Gasteiger partial charge in [-0.25, -0.2) is 0 Å². The quantitative estimate of drug-likeness (QED) is 0.885. The van der Waals surface area contributed by atoms with Gasteiger partial charge in [0.05, 0.1) is 6.04 Å². The molecule has 25 heavy (non-hydrogen) atoms. The van der Waals surface area contributed by atoms with E-state index in [1.165, 1.54) is 6.92 Å². The van der Waals surface area contributed by atoms with E-state index < -0.39 is 6.04 Å². The topological polar surface area (TPSA) is 69.6 Å². The molecule has 0 fully saturated rings. The number of carbonyl (C=O) groups is 2. The van der Waals surface area contributed by atoms with E-state index in [4.69, 9.17) is 0 Å². The molecule has 1 aliphatic carbocycles. The van der Waals surface area contributed by atoms with E-state index >= 15 is 0 Å². The normalized spacial score (nSPS) is 20.9. The summed E-state index contributed by atoms with van der Waals surface area (Å²) in [6.45, 7) is 1.49. The lowest BCUT2D eigenvalue weighted by Crippen LogP contribution is -2.48. The summed E-state index contributed by atoms with van der Waals surface area (Å²) in [6, 6.07) is 12.4. The van der Waals surface area contributed by atoms with E-state index in [1.54, 1.807) is 17.0 Å². The number of phenols is 1. The van der Waals surface area contributed by atoms with Gasteiger partial charge in [-0.3, -0.25) is 14.5 Å². The smallest absolute Gasteiger partial charge is 0.244 e. The maximum absolute atomic E-state index is 12.9. The van der Waals surface area contributed by atoms with Crippen LogP contribution >= 0.6 is 0 Å². The van der Waals surface area contributed by atoms with Crippen LogP contribution in [0, 0.1) is 0 Å². The van der Waals surface area contributed by atoms with Gasteiger partial charge in [0.15, 0.2) is 0 Å². The Balaban J connectivity index is 1.57. The van der Waals surface area contributed by atoms with E-state index in [0.29, 0.717) is 6.42 Å². The summed E-state index contributed by atoms with van der Waals surface area (Å²) >= 11 is 0. The number of phenolic OH excluding ortho intramolecular Hbond substituents is 1. The highest BCUT2D eigenvalue weighted by Gasteiger charge is 2.38. The number of hydrogen-bond donors (Lipinski definition) is 2. The van der Waals surface area contributed by atoms with Gasteiger partial charge in [0.2, 0.25) is 11.8 Å². The fourth-order valence-electron chi connectivity index (χ4n) is 4.04. The van der Waals surface area contributed by atoms with Crippen molar-refractivity contribution in [3.63, 3.8) is 0 Å². The average molecular weight is 336 g/mol. The van der Waals surface area contributed by atoms with Crippen molar-refractivity contribution in [3.8, 4) is 5.75 Å². The van der Waals surface area contributed by atoms with Crippen LogP contribution in [-0.4, -0.2) is 23.0 Å². The summed E-state index contributed by atoms with van der Waals surface area (Å²) in [5, 5.41) is 13.0. The molecule has 5 nitrogen and oxygen atoms in total. The van der Waals surface area contributed by atoms with Crippen molar-refractivity contribution in [2.24, 2.45) is 0 Å². The van der Waals surface area contributed by atoms with Crippen molar-refractivity contribution in [2.45, 2.75) is 38.3 Å². The third-order valence-electron chi connectivity index (χ3n) is 5.18. The summed E-state index contributed by atoms with van der Waals surface area (Å²) < 4.78 is 0. The van der Waals surface area contributed by atoms with Crippen molar-refractivity contribution >= 4 is 17.5 Å². The van der Waals surface area contributed by atoms with Gasteiger partial charge < -0.3 is 10.4 Å². The first-order valence-corrected chi connectivity index (χ1v) is 8.55. The van der Waals surface area contributed by atoms with Crippen LogP contribution in [-0.2, 0) is 22.4 Å². The molecule has 128 valence electrons. The lowest BCUT2D eigenvalue weighted by molar-refractivity contribution is -0.126. The van der Waals surface area contributed by atoms with Gasteiger partial charge >= 0.3 is 0 Å². The zero-order valence-corrected chi connectivity index (χ0v) is 14.0. The lowest BCUT2D eigenvalue weighted by Gasteiger charge is -2.25. The van der Waals surface area contributed by atoms with Crippen molar-refractivity contribution in [1.29, 1.82) is 0 Å². The van der Waals surface area contributed by atoms with Gasteiger partial charge in [0, 0.05) is 19.0 Å². The van der Waals surface area contributed by atoms with Crippen LogP contribution in [0.5, 0.6) is 5.75 Å². The lowest BCUT2D eigenvalue weighted by atomic mass is 10.1. The molecular formula is C20H20N2O3. The van der Waals surface area contributed by atoms with E-state index in [9.17, 15) is 14.7 Å². The Morgan fingerprint density at radius 3 is 2.76 bits per heavy atom. The first-order chi connectivity index (χ1) is 12.1. The molecule has 2 amide bonds. The van der Waals surface area contributed by atoms with Gasteiger partial charge in [-0.1, -0.05) is 30.3 Å². The largest absolute Gasteiger partial charge is 0.508 e. The molecule has 0 radical (unpaired) electrons. The number of aromatic hydroxyl groups is 1. The molecule has 0 saturated heterocycles. The monoisotopic (exact) mass is 336 g/mol. The Kier molecular flexibility index (Phi) is 3.71. The molecule has 0 saturated carbocycles. The van der Waals surface area contributed by atoms with E-state index in [0.717, 1.165) is 35.2 Å². The highest BCUT2D eigenvalue weighted by Crippen LogP contribution is 2.37. The second kappa shape index (κ2) is 5.92. The van der Waals surface area contributed by atoms with E-state index in [2.05, 4.69) is 5.32 Å². The molecular weight excluding hydrogens is 316 g/mol. The SMILES string of the molecule is CC(=O)N1c2ccccc2C[C@H]1C(=O)NC1CCc2c(O)cccc21. The Morgan fingerprint density at radius 2 is 1.96 bits per heavy atom. The van der Waals surface area contributed by atoms with Crippen LogP contribution < -0.4 is 10.2 Å². The minimum atomic E-state index is -0.517. The number of hydrogen-bond acceptors (Lipinski definition) is 3. The third-order valence-corrected chi connectivity index (χ3v) is 5.18. The predicted molar refractivity (Wildman–Crippen MR) is 94.4 cm³/mol. The molecule has 2 atom stereocenters. The molecule has 2 N–H and O–H groups in total. The second-order valence-electron chi connectivity index (χ2n) is 6.68. The Labute approximate surface area is 146 Å². The number of benzene rings is 2. The number of nitrogens with zero attached hydrogens (tertiary/aromatic N) is 1. The summed E-state index contributed by atoms with van der Waals surface area (Å²) in [4.78, 5) is 26.6. The molecule has 0 aromatic heterocycles. The van der Waals surface area contributed by atoms with Crippen LogP contribution in [0.15, 0.2) is 42.5 Å². The Hall–Kier alpha value is -2.82. The number of anilines is 1. The summed E-state index contributed by atoms with van der Waals surface area (Å²) in [6.07, 6.45) is 2.04. The molecule has 0 spiro atoms. The fraction of sp³-hybridized carbons (Fsp3) is 0.300. The third kappa shape index (κ3) is 2.56. The van der Waals surface area contributed by atoms with Crippen LogP contribution in [0.1, 0.15) is 36.1 Å². The van der Waals surface area contributed by atoms with E-state index in [-0.39, 0.29) is 23.6 Å². The van der Waals surface area contributed by atoms with Crippen molar-refractivity contribution in [2.75, 3.05) is 4.90 Å². The number of fused-ring (bicyclic) bond motifs is 2. The minimum absolute atomic E-state index is 0.118. The number of amides is 2. The number of rotatable bonds is 2. The van der Waals surface area contributed by atoms with E-state index in [1.807, 2.05) is 30.3 Å².